The van der Waals surface area contributed by atoms with Crippen LogP contribution in [0.15, 0.2) is 30.6 Å². The zero-order chi connectivity index (χ0) is 13.7. The number of aromatic nitrogens is 3. The Morgan fingerprint density at radius 3 is 3.00 bits per heavy atom. The van der Waals surface area contributed by atoms with Gasteiger partial charge in [0.1, 0.15) is 6.33 Å². The molecule has 0 saturated carbocycles. The summed E-state index contributed by atoms with van der Waals surface area (Å²) in [4.78, 5) is 4.27. The highest BCUT2D eigenvalue weighted by molar-refractivity contribution is 5.56. The molecule has 0 fully saturated rings. The molecule has 102 valence electrons. The van der Waals surface area contributed by atoms with E-state index in [-0.39, 0.29) is 0 Å². The minimum atomic E-state index is -0.400. The van der Waals surface area contributed by atoms with Crippen molar-refractivity contribution in [1.29, 1.82) is 0 Å². The average Bonchev–Trinajstić information content (AvgIpc) is 2.87. The normalized spacial score (nSPS) is 12.6. The van der Waals surface area contributed by atoms with E-state index in [0.717, 1.165) is 17.0 Å². The van der Waals surface area contributed by atoms with Gasteiger partial charge in [-0.3, -0.25) is 0 Å². The molecule has 2 rings (SSSR count). The predicted molar refractivity (Wildman–Crippen MR) is 72.5 cm³/mol. The first-order chi connectivity index (χ1) is 9.24. The van der Waals surface area contributed by atoms with Gasteiger partial charge in [-0.25, -0.2) is 9.67 Å². The van der Waals surface area contributed by atoms with Crippen LogP contribution in [0.5, 0.6) is 0 Å². The fraction of sp³-hybridized carbons (Fsp3) is 0.429. The Bertz CT molecular complexity index is 525. The molecule has 19 heavy (non-hydrogen) atoms. The maximum atomic E-state index is 9.73. The zero-order valence-electron chi connectivity index (χ0n) is 11.3. The van der Waals surface area contributed by atoms with E-state index >= 15 is 0 Å². The van der Waals surface area contributed by atoms with Crippen LogP contribution >= 0.6 is 0 Å². The van der Waals surface area contributed by atoms with Gasteiger partial charge in [0.2, 0.25) is 0 Å². The molecule has 0 spiro atoms. The molecule has 5 heteroatoms. The van der Waals surface area contributed by atoms with Gasteiger partial charge in [0.25, 0.3) is 0 Å². The molecule has 1 N–H and O–H groups in total. The third-order valence-electron chi connectivity index (χ3n) is 2.97. The van der Waals surface area contributed by atoms with E-state index in [1.807, 2.05) is 31.2 Å². The first-order valence-corrected chi connectivity index (χ1v) is 6.38. The first kappa shape index (κ1) is 13.7. The largest absolute Gasteiger partial charge is 0.391 e. The minimum absolute atomic E-state index is 0.400. The summed E-state index contributed by atoms with van der Waals surface area (Å²) in [6.07, 6.45) is 1.81. The Morgan fingerprint density at radius 1 is 1.42 bits per heavy atom. The average molecular weight is 261 g/mol. The van der Waals surface area contributed by atoms with Crippen molar-refractivity contribution < 1.29 is 9.84 Å². The molecule has 1 atom stereocenters. The molecule has 0 saturated heterocycles. The maximum absolute atomic E-state index is 9.73. The van der Waals surface area contributed by atoms with E-state index in [9.17, 15) is 5.11 Å². The number of aliphatic hydroxyl groups excluding tert-OH is 1. The SMILES string of the molecule is CC[C@@H](O)Cn1ncnc1-c1cccc(COC)c1. The Kier molecular flexibility index (Phi) is 4.65. The smallest absolute Gasteiger partial charge is 0.158 e. The summed E-state index contributed by atoms with van der Waals surface area (Å²) in [5.74, 6) is 0.769. The number of methoxy groups -OCH3 is 1. The molecule has 0 radical (unpaired) electrons. The van der Waals surface area contributed by atoms with Gasteiger partial charge in [-0.1, -0.05) is 25.1 Å². The monoisotopic (exact) mass is 261 g/mol. The molecular weight excluding hydrogens is 242 g/mol. The fourth-order valence-electron chi connectivity index (χ4n) is 1.92. The van der Waals surface area contributed by atoms with Crippen molar-refractivity contribution in [3.63, 3.8) is 0 Å². The number of benzene rings is 1. The van der Waals surface area contributed by atoms with Crippen LogP contribution in [0.2, 0.25) is 0 Å². The van der Waals surface area contributed by atoms with Gasteiger partial charge >= 0.3 is 0 Å². The number of ether oxygens (including phenoxy) is 1. The van der Waals surface area contributed by atoms with Gasteiger partial charge in [0.05, 0.1) is 19.3 Å². The van der Waals surface area contributed by atoms with Gasteiger partial charge < -0.3 is 9.84 Å². The number of hydrogen-bond donors (Lipinski definition) is 1. The fourth-order valence-corrected chi connectivity index (χ4v) is 1.92. The van der Waals surface area contributed by atoms with E-state index in [1.54, 1.807) is 11.8 Å². The van der Waals surface area contributed by atoms with E-state index in [0.29, 0.717) is 19.6 Å². The van der Waals surface area contributed by atoms with Crippen molar-refractivity contribution in [2.24, 2.45) is 0 Å². The summed E-state index contributed by atoms with van der Waals surface area (Å²) >= 11 is 0. The van der Waals surface area contributed by atoms with E-state index in [2.05, 4.69) is 10.1 Å². The molecular formula is C14H19N3O2. The molecule has 1 aromatic carbocycles. The van der Waals surface area contributed by atoms with Gasteiger partial charge in [0.15, 0.2) is 5.82 Å². The lowest BCUT2D eigenvalue weighted by molar-refractivity contribution is 0.146. The molecule has 2 aromatic rings. The molecule has 1 aromatic heterocycles. The number of aliphatic hydroxyl groups is 1. The molecule has 0 bridgehead atoms. The number of rotatable bonds is 6. The van der Waals surface area contributed by atoms with Gasteiger partial charge in [-0.05, 0) is 18.1 Å². The second-order valence-corrected chi connectivity index (χ2v) is 4.46. The first-order valence-electron chi connectivity index (χ1n) is 6.38. The van der Waals surface area contributed by atoms with E-state index in [4.69, 9.17) is 4.74 Å². The summed E-state index contributed by atoms with van der Waals surface area (Å²) < 4.78 is 6.87. The van der Waals surface area contributed by atoms with Crippen LogP contribution in [-0.4, -0.2) is 33.1 Å². The van der Waals surface area contributed by atoms with Crippen molar-refractivity contribution in [3.8, 4) is 11.4 Å². The Morgan fingerprint density at radius 2 is 2.26 bits per heavy atom. The minimum Gasteiger partial charge on any atom is -0.391 e. The summed E-state index contributed by atoms with van der Waals surface area (Å²) in [7, 11) is 1.67. The van der Waals surface area contributed by atoms with Crippen LogP contribution in [0.25, 0.3) is 11.4 Å². The molecule has 0 amide bonds. The highest BCUT2D eigenvalue weighted by Crippen LogP contribution is 2.18. The van der Waals surface area contributed by atoms with Crippen molar-refractivity contribution in [1.82, 2.24) is 14.8 Å². The topological polar surface area (TPSA) is 60.2 Å². The predicted octanol–water partition coefficient (Wildman–Crippen LogP) is 1.86. The van der Waals surface area contributed by atoms with Crippen LogP contribution < -0.4 is 0 Å². The Balaban J connectivity index is 2.26. The van der Waals surface area contributed by atoms with Gasteiger partial charge in [-0.15, -0.1) is 0 Å². The number of nitrogens with zero attached hydrogens (tertiary/aromatic N) is 3. The summed E-state index contributed by atoms with van der Waals surface area (Å²) in [5, 5.41) is 13.9. The summed E-state index contributed by atoms with van der Waals surface area (Å²) in [6.45, 7) is 2.97. The molecule has 0 aliphatic rings. The number of hydrogen-bond acceptors (Lipinski definition) is 4. The van der Waals surface area contributed by atoms with Gasteiger partial charge in [0, 0.05) is 12.7 Å². The molecule has 1 heterocycles. The maximum Gasteiger partial charge on any atom is 0.158 e. The lowest BCUT2D eigenvalue weighted by atomic mass is 10.1. The lowest BCUT2D eigenvalue weighted by Gasteiger charge is -2.10. The molecule has 0 aliphatic carbocycles. The van der Waals surface area contributed by atoms with E-state index < -0.39 is 6.10 Å². The quantitative estimate of drug-likeness (QED) is 0.862. The van der Waals surface area contributed by atoms with Crippen LogP contribution in [0.3, 0.4) is 0 Å². The van der Waals surface area contributed by atoms with E-state index in [1.165, 1.54) is 6.33 Å². The molecule has 0 aliphatic heterocycles. The summed E-state index contributed by atoms with van der Waals surface area (Å²) in [6, 6.07) is 7.99. The zero-order valence-corrected chi connectivity index (χ0v) is 11.3. The van der Waals surface area contributed by atoms with Crippen LogP contribution in [0.1, 0.15) is 18.9 Å². The lowest BCUT2D eigenvalue weighted by Crippen LogP contribution is -2.16. The third-order valence-corrected chi connectivity index (χ3v) is 2.97. The molecule has 5 nitrogen and oxygen atoms in total. The van der Waals surface area contributed by atoms with Crippen molar-refractivity contribution >= 4 is 0 Å². The Labute approximate surface area is 112 Å². The third kappa shape index (κ3) is 3.39. The van der Waals surface area contributed by atoms with Crippen molar-refractivity contribution in [2.45, 2.75) is 32.6 Å². The van der Waals surface area contributed by atoms with Gasteiger partial charge in [-0.2, -0.15) is 5.10 Å². The summed E-state index contributed by atoms with van der Waals surface area (Å²) in [5.41, 5.74) is 2.07. The second-order valence-electron chi connectivity index (χ2n) is 4.46. The standard InChI is InChI=1S/C14H19N3O2/c1-3-13(18)8-17-14(15-10-16-17)12-6-4-5-11(7-12)9-19-2/h4-7,10,13,18H,3,8-9H2,1-2H3/t13-/m1/s1. The van der Waals surface area contributed by atoms with Crippen LogP contribution in [0, 0.1) is 0 Å². The second kappa shape index (κ2) is 6.45. The van der Waals surface area contributed by atoms with Crippen LogP contribution in [0.4, 0.5) is 0 Å². The van der Waals surface area contributed by atoms with Crippen LogP contribution in [-0.2, 0) is 17.9 Å². The van der Waals surface area contributed by atoms with Crippen molar-refractivity contribution in [2.75, 3.05) is 7.11 Å². The Hall–Kier alpha value is -1.72. The highest BCUT2D eigenvalue weighted by atomic mass is 16.5. The molecule has 0 unspecified atom stereocenters. The highest BCUT2D eigenvalue weighted by Gasteiger charge is 2.11. The van der Waals surface area contributed by atoms with Crippen molar-refractivity contribution in [3.05, 3.63) is 36.2 Å².